The van der Waals surface area contributed by atoms with Crippen molar-refractivity contribution in [1.82, 2.24) is 16.0 Å². The van der Waals surface area contributed by atoms with Gasteiger partial charge in [0.05, 0.1) is 6.04 Å². The van der Waals surface area contributed by atoms with Gasteiger partial charge in [-0.2, -0.15) is 0 Å². The van der Waals surface area contributed by atoms with Gasteiger partial charge in [-0.3, -0.25) is 24.5 Å². The van der Waals surface area contributed by atoms with E-state index >= 15 is 0 Å². The van der Waals surface area contributed by atoms with E-state index in [0.717, 1.165) is 0 Å². The molecule has 0 aromatic heterocycles. The fraction of sp³-hybridized carbons (Fsp3) is 0.810. The van der Waals surface area contributed by atoms with Crippen molar-refractivity contribution < 1.29 is 24.3 Å². The number of aliphatic carboxylic acids is 1. The van der Waals surface area contributed by atoms with Crippen molar-refractivity contribution in [3.8, 4) is 0 Å². The maximum absolute atomic E-state index is 13.0. The molecule has 0 aliphatic heterocycles. The van der Waals surface area contributed by atoms with E-state index in [4.69, 9.17) is 5.73 Å². The molecule has 4 atom stereocenters. The zero-order chi connectivity index (χ0) is 23.6. The van der Waals surface area contributed by atoms with Gasteiger partial charge < -0.3 is 21.5 Å². The molecule has 0 fully saturated rings. The van der Waals surface area contributed by atoms with E-state index in [1.54, 1.807) is 0 Å². The minimum Gasteiger partial charge on any atom is -0.480 e. The lowest BCUT2D eigenvalue weighted by Crippen LogP contribution is -2.57. The summed E-state index contributed by atoms with van der Waals surface area (Å²) in [6.45, 7) is 13.0. The maximum Gasteiger partial charge on any atom is 0.320 e. The molecule has 0 bridgehead atoms. The lowest BCUT2D eigenvalue weighted by atomic mass is 9.97. The molecule has 6 N–H and O–H groups in total. The van der Waals surface area contributed by atoms with Crippen LogP contribution in [0.2, 0.25) is 0 Å². The minimum atomic E-state index is -1.02. The highest BCUT2D eigenvalue weighted by atomic mass is 16.4. The number of hydrogen-bond acceptors (Lipinski definition) is 5. The lowest BCUT2D eigenvalue weighted by Gasteiger charge is -2.28. The van der Waals surface area contributed by atoms with E-state index in [2.05, 4.69) is 16.0 Å². The van der Waals surface area contributed by atoms with Crippen LogP contribution in [0, 0.1) is 17.8 Å². The second-order valence-electron chi connectivity index (χ2n) is 9.19. The molecular weight excluding hydrogens is 388 g/mol. The molecular formula is C21H40N4O5. The smallest absolute Gasteiger partial charge is 0.320 e. The summed E-state index contributed by atoms with van der Waals surface area (Å²) in [7, 11) is 0. The van der Waals surface area contributed by atoms with Crippen molar-refractivity contribution in [2.45, 2.75) is 91.9 Å². The number of primary amides is 1. The summed E-state index contributed by atoms with van der Waals surface area (Å²) in [6.07, 6.45) is 1.16. The average molecular weight is 429 g/mol. The van der Waals surface area contributed by atoms with E-state index in [0.29, 0.717) is 19.3 Å². The Morgan fingerprint density at radius 1 is 0.700 bits per heavy atom. The van der Waals surface area contributed by atoms with Crippen LogP contribution in [0.1, 0.15) is 67.7 Å². The maximum atomic E-state index is 13.0. The van der Waals surface area contributed by atoms with E-state index in [-0.39, 0.29) is 17.8 Å². The van der Waals surface area contributed by atoms with Crippen molar-refractivity contribution in [3.05, 3.63) is 0 Å². The number of nitrogens with one attached hydrogen (secondary N) is 3. The monoisotopic (exact) mass is 428 g/mol. The molecule has 0 aromatic rings. The molecule has 0 saturated heterocycles. The van der Waals surface area contributed by atoms with Gasteiger partial charge in [0.1, 0.15) is 18.1 Å². The van der Waals surface area contributed by atoms with Gasteiger partial charge in [0.25, 0.3) is 0 Å². The molecule has 0 aromatic carbocycles. The van der Waals surface area contributed by atoms with Gasteiger partial charge in [-0.15, -0.1) is 0 Å². The lowest BCUT2D eigenvalue weighted by molar-refractivity contribution is -0.140. The predicted molar refractivity (Wildman–Crippen MR) is 115 cm³/mol. The first-order valence-electron chi connectivity index (χ1n) is 10.6. The van der Waals surface area contributed by atoms with Crippen LogP contribution in [-0.2, 0) is 19.2 Å². The number of nitrogens with two attached hydrogens (primary N) is 1. The average Bonchev–Trinajstić information content (AvgIpc) is 2.58. The Hall–Kier alpha value is -2.16. The van der Waals surface area contributed by atoms with Crippen molar-refractivity contribution in [1.29, 1.82) is 0 Å². The van der Waals surface area contributed by atoms with Crippen LogP contribution in [0.25, 0.3) is 0 Å². The second kappa shape index (κ2) is 13.2. The largest absolute Gasteiger partial charge is 0.480 e. The molecule has 0 aliphatic rings. The first kappa shape index (κ1) is 27.8. The highest BCUT2D eigenvalue weighted by Crippen LogP contribution is 2.12. The van der Waals surface area contributed by atoms with Crippen molar-refractivity contribution in [3.63, 3.8) is 0 Å². The van der Waals surface area contributed by atoms with Gasteiger partial charge in [0, 0.05) is 0 Å². The zero-order valence-corrected chi connectivity index (χ0v) is 19.3. The Balaban J connectivity index is 5.47. The summed E-state index contributed by atoms with van der Waals surface area (Å²) >= 11 is 0. The van der Waals surface area contributed by atoms with Crippen molar-refractivity contribution in [2.75, 3.05) is 0 Å². The normalized spacial score (nSPS) is 15.5. The summed E-state index contributed by atoms with van der Waals surface area (Å²) in [4.78, 5) is 48.5. The molecule has 0 heterocycles. The third-order valence-electron chi connectivity index (χ3n) is 4.56. The third kappa shape index (κ3) is 11.1. The van der Waals surface area contributed by atoms with Crippen molar-refractivity contribution in [2.24, 2.45) is 23.5 Å². The number of carbonyl (C=O) groups is 4. The number of carboxylic acids is 1. The van der Waals surface area contributed by atoms with Gasteiger partial charge >= 0.3 is 5.97 Å². The molecule has 0 saturated carbocycles. The molecule has 3 amide bonds. The second-order valence-corrected chi connectivity index (χ2v) is 9.19. The summed E-state index contributed by atoms with van der Waals surface area (Å²) in [6, 6.07) is -3.35. The van der Waals surface area contributed by atoms with Crippen LogP contribution < -0.4 is 21.7 Å². The molecule has 174 valence electrons. The highest BCUT2D eigenvalue weighted by molar-refractivity contribution is 5.92. The molecule has 0 unspecified atom stereocenters. The molecule has 30 heavy (non-hydrogen) atoms. The summed E-state index contributed by atoms with van der Waals surface area (Å²) in [5.74, 6) is -2.25. The Kier molecular flexibility index (Phi) is 12.3. The first-order valence-corrected chi connectivity index (χ1v) is 10.6. The van der Waals surface area contributed by atoms with Gasteiger partial charge in [0.15, 0.2) is 0 Å². The summed E-state index contributed by atoms with van der Waals surface area (Å²) in [5.41, 5.74) is 5.21. The predicted octanol–water partition coefficient (Wildman–Crippen LogP) is 1.01. The SMILES string of the molecule is CC(C)C[C@H](NC(=O)[C@H](CC(C)C)N[C@H](CC(C)C)C(=O)O)C(=O)N[C@@H](C)C(N)=O. The van der Waals surface area contributed by atoms with Gasteiger partial charge in [0.2, 0.25) is 17.7 Å². The Labute approximate surface area is 179 Å². The van der Waals surface area contributed by atoms with Gasteiger partial charge in [-0.1, -0.05) is 41.5 Å². The standard InChI is InChI=1S/C21H40N4O5/c1-11(2)8-15(24-17(21(29)30)10-13(5)6)20(28)25-16(9-12(3)4)19(27)23-14(7)18(22)26/h11-17,24H,8-10H2,1-7H3,(H2,22,26)(H,23,27)(H,25,28)(H,29,30)/t14-,15-,16-,17+/m0/s1. The molecule has 0 aliphatic carbocycles. The number of rotatable bonds is 14. The van der Waals surface area contributed by atoms with Crippen LogP contribution in [0.4, 0.5) is 0 Å². The zero-order valence-electron chi connectivity index (χ0n) is 19.3. The highest BCUT2D eigenvalue weighted by Gasteiger charge is 2.31. The summed E-state index contributed by atoms with van der Waals surface area (Å²) in [5, 5.41) is 17.7. The van der Waals surface area contributed by atoms with E-state index in [1.807, 2.05) is 41.5 Å². The fourth-order valence-corrected chi connectivity index (χ4v) is 3.04. The topological polar surface area (TPSA) is 151 Å². The number of amides is 3. The summed E-state index contributed by atoms with van der Waals surface area (Å²) < 4.78 is 0. The van der Waals surface area contributed by atoms with Crippen LogP contribution in [0.3, 0.4) is 0 Å². The molecule has 0 rings (SSSR count). The number of carbonyl (C=O) groups excluding carboxylic acids is 3. The molecule has 0 radical (unpaired) electrons. The molecule has 9 heteroatoms. The van der Waals surface area contributed by atoms with Crippen LogP contribution in [0.5, 0.6) is 0 Å². The fourth-order valence-electron chi connectivity index (χ4n) is 3.04. The van der Waals surface area contributed by atoms with Gasteiger partial charge in [-0.25, -0.2) is 0 Å². The first-order chi connectivity index (χ1) is 13.7. The Bertz CT molecular complexity index is 592. The third-order valence-corrected chi connectivity index (χ3v) is 4.56. The van der Waals surface area contributed by atoms with E-state index < -0.39 is 47.9 Å². The Morgan fingerprint density at radius 3 is 1.50 bits per heavy atom. The number of carboxylic acid groups (broad SMARTS) is 1. The van der Waals surface area contributed by atoms with Crippen LogP contribution in [-0.4, -0.2) is 53.0 Å². The van der Waals surface area contributed by atoms with E-state index in [9.17, 15) is 24.3 Å². The molecule has 0 spiro atoms. The number of hydrogen-bond donors (Lipinski definition) is 5. The quantitative estimate of drug-likeness (QED) is 0.279. The Morgan fingerprint density at radius 2 is 1.10 bits per heavy atom. The minimum absolute atomic E-state index is 0.106. The van der Waals surface area contributed by atoms with Crippen LogP contribution >= 0.6 is 0 Å². The van der Waals surface area contributed by atoms with E-state index in [1.165, 1.54) is 6.92 Å². The van der Waals surface area contributed by atoms with Crippen molar-refractivity contribution >= 4 is 23.7 Å². The van der Waals surface area contributed by atoms with Crippen LogP contribution in [0.15, 0.2) is 0 Å². The van der Waals surface area contributed by atoms with Gasteiger partial charge in [-0.05, 0) is 43.9 Å². The molecule has 9 nitrogen and oxygen atoms in total.